The molecule has 1 saturated heterocycles. The Morgan fingerprint density at radius 3 is 2.25 bits per heavy atom. The van der Waals surface area contributed by atoms with E-state index in [2.05, 4.69) is 5.32 Å². The molecule has 0 aromatic heterocycles. The maximum absolute atomic E-state index is 12.7. The van der Waals surface area contributed by atoms with Crippen molar-refractivity contribution in [3.8, 4) is 5.75 Å². The van der Waals surface area contributed by atoms with Crippen LogP contribution in [0.25, 0.3) is 0 Å². The lowest BCUT2D eigenvalue weighted by Gasteiger charge is -2.25. The minimum absolute atomic E-state index is 0.157. The fraction of sp³-hybridized carbons (Fsp3) is 0.381. The Bertz CT molecular complexity index is 887. The average Bonchev–Trinajstić information content (AvgIpc) is 2.71. The minimum atomic E-state index is -3.44. The Balaban J connectivity index is 1.59. The molecular weight excluding hydrogens is 376 g/mol. The van der Waals surface area contributed by atoms with Crippen LogP contribution in [0, 0.1) is 0 Å². The van der Waals surface area contributed by atoms with Crippen LogP contribution in [0.2, 0.25) is 0 Å². The Morgan fingerprint density at radius 2 is 1.64 bits per heavy atom. The summed E-state index contributed by atoms with van der Waals surface area (Å²) in [6.07, 6.45) is 3.07. The molecule has 28 heavy (non-hydrogen) atoms. The van der Waals surface area contributed by atoms with Gasteiger partial charge in [0.25, 0.3) is 0 Å². The van der Waals surface area contributed by atoms with Gasteiger partial charge < -0.3 is 10.1 Å². The van der Waals surface area contributed by atoms with Crippen molar-refractivity contribution in [1.29, 1.82) is 0 Å². The van der Waals surface area contributed by atoms with Gasteiger partial charge in [0.15, 0.2) is 0 Å². The molecule has 0 bridgehead atoms. The van der Waals surface area contributed by atoms with Crippen molar-refractivity contribution in [2.45, 2.75) is 37.5 Å². The lowest BCUT2D eigenvalue weighted by atomic mass is 10.1. The number of nitrogens with one attached hydrogen (secondary N) is 1. The fourth-order valence-electron chi connectivity index (χ4n) is 3.23. The first-order valence-corrected chi connectivity index (χ1v) is 11.0. The zero-order chi connectivity index (χ0) is 20.0. The molecule has 0 spiro atoms. The van der Waals surface area contributed by atoms with Crippen molar-refractivity contribution in [3.05, 3.63) is 54.1 Å². The average molecular weight is 403 g/mol. The van der Waals surface area contributed by atoms with Crippen molar-refractivity contribution >= 4 is 21.6 Å². The van der Waals surface area contributed by atoms with E-state index in [0.29, 0.717) is 25.4 Å². The van der Waals surface area contributed by atoms with E-state index in [1.54, 1.807) is 52.8 Å². The zero-order valence-electron chi connectivity index (χ0n) is 16.1. The number of amides is 1. The standard InChI is InChI=1S/C21H26N2O4S/c1-2-27-19-10-8-18(9-11-19)22-21(24)16-17-6-12-20(13-7-17)28(25,26)23-14-4-3-5-15-23/h6-13H,2-5,14-16H2,1H3,(H,22,24). The number of rotatable bonds is 7. The van der Waals surface area contributed by atoms with E-state index in [4.69, 9.17) is 4.74 Å². The van der Waals surface area contributed by atoms with Gasteiger partial charge in [0.05, 0.1) is 17.9 Å². The van der Waals surface area contributed by atoms with E-state index in [-0.39, 0.29) is 17.2 Å². The highest BCUT2D eigenvalue weighted by atomic mass is 32.2. The van der Waals surface area contributed by atoms with Crippen LogP contribution in [0.5, 0.6) is 5.75 Å². The molecule has 0 unspecified atom stereocenters. The molecule has 0 radical (unpaired) electrons. The molecule has 1 aliphatic rings. The second-order valence-corrected chi connectivity index (χ2v) is 8.73. The molecule has 6 nitrogen and oxygen atoms in total. The van der Waals surface area contributed by atoms with Crippen molar-refractivity contribution in [2.75, 3.05) is 25.0 Å². The topological polar surface area (TPSA) is 75.7 Å². The number of benzene rings is 2. The second-order valence-electron chi connectivity index (χ2n) is 6.79. The van der Waals surface area contributed by atoms with Crippen LogP contribution in [0.15, 0.2) is 53.4 Å². The smallest absolute Gasteiger partial charge is 0.243 e. The third kappa shape index (κ3) is 5.11. The predicted octanol–water partition coefficient (Wildman–Crippen LogP) is 3.44. The molecule has 1 heterocycles. The molecule has 1 fully saturated rings. The molecular formula is C21H26N2O4S. The highest BCUT2D eigenvalue weighted by molar-refractivity contribution is 7.89. The number of carbonyl (C=O) groups excluding carboxylic acids is 1. The summed E-state index contributed by atoms with van der Waals surface area (Å²) in [4.78, 5) is 12.5. The molecule has 0 saturated carbocycles. The first-order chi connectivity index (χ1) is 13.5. The molecule has 7 heteroatoms. The zero-order valence-corrected chi connectivity index (χ0v) is 16.9. The molecule has 1 N–H and O–H groups in total. The maximum atomic E-state index is 12.7. The van der Waals surface area contributed by atoms with Crippen molar-refractivity contribution < 1.29 is 17.9 Å². The third-order valence-corrected chi connectivity index (χ3v) is 6.60. The molecule has 0 aliphatic carbocycles. The summed E-state index contributed by atoms with van der Waals surface area (Å²) in [5.74, 6) is 0.599. The first-order valence-electron chi connectivity index (χ1n) is 9.61. The molecule has 150 valence electrons. The van der Waals surface area contributed by atoms with Crippen LogP contribution >= 0.6 is 0 Å². The van der Waals surface area contributed by atoms with Gasteiger partial charge in [-0.2, -0.15) is 4.31 Å². The summed E-state index contributed by atoms with van der Waals surface area (Å²) < 4.78 is 32.3. The SMILES string of the molecule is CCOc1ccc(NC(=O)Cc2ccc(S(=O)(=O)N3CCCCC3)cc2)cc1. The van der Waals surface area contributed by atoms with E-state index in [1.807, 2.05) is 6.92 Å². The lowest BCUT2D eigenvalue weighted by molar-refractivity contribution is -0.115. The van der Waals surface area contributed by atoms with Gasteiger partial charge in [0.2, 0.25) is 15.9 Å². The van der Waals surface area contributed by atoms with Crippen LogP contribution in [-0.2, 0) is 21.2 Å². The summed E-state index contributed by atoms with van der Waals surface area (Å²) in [7, 11) is -3.44. The predicted molar refractivity (Wildman–Crippen MR) is 109 cm³/mol. The number of ether oxygens (including phenoxy) is 1. The third-order valence-electron chi connectivity index (χ3n) is 4.69. The van der Waals surface area contributed by atoms with Gasteiger partial charge in [-0.25, -0.2) is 8.42 Å². The van der Waals surface area contributed by atoms with E-state index >= 15 is 0 Å². The van der Waals surface area contributed by atoms with Gasteiger partial charge in [-0.1, -0.05) is 18.6 Å². The summed E-state index contributed by atoms with van der Waals surface area (Å²) in [6, 6.07) is 13.8. The van der Waals surface area contributed by atoms with Gasteiger partial charge >= 0.3 is 0 Å². The summed E-state index contributed by atoms with van der Waals surface area (Å²) >= 11 is 0. The van der Waals surface area contributed by atoms with Gasteiger partial charge in [-0.3, -0.25) is 4.79 Å². The quantitative estimate of drug-likeness (QED) is 0.770. The number of nitrogens with zero attached hydrogens (tertiary/aromatic N) is 1. The molecule has 1 aliphatic heterocycles. The van der Waals surface area contributed by atoms with Crippen molar-refractivity contribution in [2.24, 2.45) is 0 Å². The Hall–Kier alpha value is -2.38. The fourth-order valence-corrected chi connectivity index (χ4v) is 4.74. The summed E-state index contributed by atoms with van der Waals surface area (Å²) in [5, 5.41) is 2.84. The number of carbonyl (C=O) groups is 1. The van der Waals surface area contributed by atoms with Crippen molar-refractivity contribution in [1.82, 2.24) is 4.31 Å². The second kappa shape index (κ2) is 9.21. The Labute approximate surface area is 166 Å². The highest BCUT2D eigenvalue weighted by Gasteiger charge is 2.25. The Morgan fingerprint density at radius 1 is 1.00 bits per heavy atom. The summed E-state index contributed by atoms with van der Waals surface area (Å²) in [6.45, 7) is 3.66. The lowest BCUT2D eigenvalue weighted by Crippen LogP contribution is -2.35. The first kappa shape index (κ1) is 20.4. The maximum Gasteiger partial charge on any atom is 0.243 e. The minimum Gasteiger partial charge on any atom is -0.494 e. The monoisotopic (exact) mass is 402 g/mol. The van der Waals surface area contributed by atoms with Crippen molar-refractivity contribution in [3.63, 3.8) is 0 Å². The van der Waals surface area contributed by atoms with Gasteiger partial charge in [-0.05, 0) is 61.7 Å². The van der Waals surface area contributed by atoms with Crippen LogP contribution in [0.1, 0.15) is 31.7 Å². The molecule has 1 amide bonds. The van der Waals surface area contributed by atoms with Crippen LogP contribution < -0.4 is 10.1 Å². The number of sulfonamides is 1. The number of hydrogen-bond acceptors (Lipinski definition) is 4. The molecule has 2 aromatic carbocycles. The molecule has 2 aromatic rings. The van der Waals surface area contributed by atoms with Gasteiger partial charge in [0, 0.05) is 18.8 Å². The van der Waals surface area contributed by atoms with Crippen LogP contribution in [-0.4, -0.2) is 38.3 Å². The van der Waals surface area contributed by atoms with Crippen LogP contribution in [0.4, 0.5) is 5.69 Å². The van der Waals surface area contributed by atoms with E-state index in [9.17, 15) is 13.2 Å². The molecule has 3 rings (SSSR count). The van der Waals surface area contributed by atoms with E-state index in [1.165, 1.54) is 0 Å². The number of anilines is 1. The van der Waals surface area contributed by atoms with E-state index in [0.717, 1.165) is 30.6 Å². The van der Waals surface area contributed by atoms with Gasteiger partial charge in [-0.15, -0.1) is 0 Å². The normalized spacial score (nSPS) is 15.2. The molecule has 0 atom stereocenters. The van der Waals surface area contributed by atoms with Gasteiger partial charge in [0.1, 0.15) is 5.75 Å². The Kier molecular flexibility index (Phi) is 6.70. The number of piperidine rings is 1. The number of hydrogen-bond donors (Lipinski definition) is 1. The largest absolute Gasteiger partial charge is 0.494 e. The summed E-state index contributed by atoms with van der Waals surface area (Å²) in [5.41, 5.74) is 1.46. The van der Waals surface area contributed by atoms with Crippen LogP contribution in [0.3, 0.4) is 0 Å². The van der Waals surface area contributed by atoms with E-state index < -0.39 is 10.0 Å². The highest BCUT2D eigenvalue weighted by Crippen LogP contribution is 2.21.